The fourth-order valence-electron chi connectivity index (χ4n) is 3.51. The van der Waals surface area contributed by atoms with Gasteiger partial charge in [0.1, 0.15) is 5.82 Å². The molecule has 0 unspecified atom stereocenters. The molecule has 142 valence electrons. The highest BCUT2D eigenvalue weighted by Gasteiger charge is 2.25. The second kappa shape index (κ2) is 8.61. The highest BCUT2D eigenvalue weighted by molar-refractivity contribution is 7.89. The molecule has 1 saturated heterocycles. The molecule has 2 heterocycles. The Kier molecular flexibility index (Phi) is 6.45. The number of thiophene rings is 1. The van der Waals surface area contributed by atoms with Crippen LogP contribution in [-0.4, -0.2) is 33.0 Å². The van der Waals surface area contributed by atoms with Gasteiger partial charge in [0.15, 0.2) is 0 Å². The average molecular weight is 397 g/mol. The van der Waals surface area contributed by atoms with Crippen molar-refractivity contribution >= 4 is 21.4 Å². The van der Waals surface area contributed by atoms with Crippen molar-refractivity contribution < 1.29 is 12.8 Å². The van der Waals surface area contributed by atoms with Crippen LogP contribution in [0.25, 0.3) is 0 Å². The van der Waals surface area contributed by atoms with Crippen molar-refractivity contribution in [2.45, 2.75) is 43.5 Å². The SMILES string of the molecule is Cc1cc(F)ccc1S(=O)(=O)NC[C@@H](c1ccsc1)N1CCCCCC1. The number of likely N-dealkylation sites (tertiary alicyclic amines) is 1. The van der Waals surface area contributed by atoms with E-state index in [2.05, 4.69) is 21.1 Å². The Morgan fingerprint density at radius 1 is 1.19 bits per heavy atom. The van der Waals surface area contributed by atoms with Gasteiger partial charge in [-0.15, -0.1) is 0 Å². The van der Waals surface area contributed by atoms with Crippen LogP contribution in [0.5, 0.6) is 0 Å². The predicted octanol–water partition coefficient (Wildman–Crippen LogP) is 4.09. The van der Waals surface area contributed by atoms with Gasteiger partial charge in [-0.25, -0.2) is 17.5 Å². The number of hydrogen-bond acceptors (Lipinski definition) is 4. The van der Waals surface area contributed by atoms with Gasteiger partial charge in [-0.1, -0.05) is 12.8 Å². The molecule has 4 nitrogen and oxygen atoms in total. The first-order chi connectivity index (χ1) is 12.5. The van der Waals surface area contributed by atoms with Gasteiger partial charge in [-0.3, -0.25) is 4.90 Å². The first-order valence-corrected chi connectivity index (χ1v) is 11.4. The van der Waals surface area contributed by atoms with E-state index in [9.17, 15) is 12.8 Å². The van der Waals surface area contributed by atoms with Crippen molar-refractivity contribution in [3.8, 4) is 0 Å². The maximum atomic E-state index is 13.3. The van der Waals surface area contributed by atoms with Gasteiger partial charge in [0.2, 0.25) is 10.0 Å². The number of aryl methyl sites for hydroxylation is 1. The van der Waals surface area contributed by atoms with Crippen LogP contribution in [0.1, 0.15) is 42.9 Å². The van der Waals surface area contributed by atoms with Crippen LogP contribution in [-0.2, 0) is 10.0 Å². The smallest absolute Gasteiger partial charge is 0.240 e. The first-order valence-electron chi connectivity index (χ1n) is 8.99. The van der Waals surface area contributed by atoms with Crippen LogP contribution in [0, 0.1) is 12.7 Å². The summed E-state index contributed by atoms with van der Waals surface area (Å²) in [5.74, 6) is -0.429. The highest BCUT2D eigenvalue weighted by Crippen LogP contribution is 2.26. The van der Waals surface area contributed by atoms with Gasteiger partial charge in [-0.2, -0.15) is 11.3 Å². The molecule has 7 heteroatoms. The van der Waals surface area contributed by atoms with E-state index in [1.54, 1.807) is 18.3 Å². The zero-order chi connectivity index (χ0) is 18.6. The average Bonchev–Trinajstić information content (AvgIpc) is 2.97. The molecular weight excluding hydrogens is 371 g/mol. The fourth-order valence-corrected chi connectivity index (χ4v) is 5.48. The van der Waals surface area contributed by atoms with E-state index in [1.165, 1.54) is 31.0 Å². The van der Waals surface area contributed by atoms with Crippen molar-refractivity contribution in [3.05, 3.63) is 52.0 Å². The van der Waals surface area contributed by atoms with E-state index in [-0.39, 0.29) is 10.9 Å². The van der Waals surface area contributed by atoms with Gasteiger partial charge in [0, 0.05) is 12.6 Å². The van der Waals surface area contributed by atoms with Crippen molar-refractivity contribution in [2.24, 2.45) is 0 Å². The first kappa shape index (κ1) is 19.5. The lowest BCUT2D eigenvalue weighted by Crippen LogP contribution is -2.38. The minimum atomic E-state index is -3.68. The van der Waals surface area contributed by atoms with Gasteiger partial charge in [0.05, 0.1) is 4.90 Å². The Morgan fingerprint density at radius 2 is 1.92 bits per heavy atom. The topological polar surface area (TPSA) is 49.4 Å². The van der Waals surface area contributed by atoms with E-state index >= 15 is 0 Å². The van der Waals surface area contributed by atoms with E-state index in [1.807, 2.05) is 5.38 Å². The third-order valence-electron chi connectivity index (χ3n) is 4.90. The zero-order valence-electron chi connectivity index (χ0n) is 14.9. The van der Waals surface area contributed by atoms with Crippen LogP contribution in [0.4, 0.5) is 4.39 Å². The van der Waals surface area contributed by atoms with Crippen molar-refractivity contribution in [2.75, 3.05) is 19.6 Å². The number of rotatable bonds is 6. The molecule has 1 aliphatic heterocycles. The zero-order valence-corrected chi connectivity index (χ0v) is 16.6. The lowest BCUT2D eigenvalue weighted by molar-refractivity contribution is 0.206. The number of nitrogens with zero attached hydrogens (tertiary/aromatic N) is 1. The Balaban J connectivity index is 1.78. The standard InChI is InChI=1S/C19H25FN2O2S2/c1-15-12-17(20)6-7-19(15)26(23,24)21-13-18(16-8-11-25-14-16)22-9-4-2-3-5-10-22/h6-8,11-12,14,18,21H,2-5,9-10,13H2,1H3/t18-/m0/s1. The summed E-state index contributed by atoms with van der Waals surface area (Å²) >= 11 is 1.63. The fraction of sp³-hybridized carbons (Fsp3) is 0.474. The van der Waals surface area contributed by atoms with Crippen LogP contribution < -0.4 is 4.72 Å². The largest absolute Gasteiger partial charge is 0.295 e. The normalized spacial score (nSPS) is 17.8. The van der Waals surface area contributed by atoms with Crippen molar-refractivity contribution in [1.82, 2.24) is 9.62 Å². The van der Waals surface area contributed by atoms with Gasteiger partial charge < -0.3 is 0 Å². The minimum Gasteiger partial charge on any atom is -0.295 e. The molecule has 1 aromatic carbocycles. The molecule has 1 atom stereocenters. The Labute approximate surface area is 159 Å². The summed E-state index contributed by atoms with van der Waals surface area (Å²) in [6.45, 7) is 3.90. The van der Waals surface area contributed by atoms with Crippen LogP contribution in [0.3, 0.4) is 0 Å². The molecule has 2 aromatic rings. The maximum Gasteiger partial charge on any atom is 0.240 e. The molecule has 1 aromatic heterocycles. The summed E-state index contributed by atoms with van der Waals surface area (Å²) in [4.78, 5) is 2.52. The summed E-state index contributed by atoms with van der Waals surface area (Å²) in [5.41, 5.74) is 1.56. The lowest BCUT2D eigenvalue weighted by Gasteiger charge is -2.30. The molecule has 26 heavy (non-hydrogen) atoms. The van der Waals surface area contributed by atoms with E-state index in [0.717, 1.165) is 31.5 Å². The summed E-state index contributed by atoms with van der Waals surface area (Å²) in [6.07, 6.45) is 4.75. The van der Waals surface area contributed by atoms with Gasteiger partial charge in [0.25, 0.3) is 0 Å². The van der Waals surface area contributed by atoms with Gasteiger partial charge >= 0.3 is 0 Å². The molecule has 0 saturated carbocycles. The number of halogens is 1. The number of nitrogens with one attached hydrogen (secondary N) is 1. The summed E-state index contributed by atoms with van der Waals surface area (Å²) in [6, 6.07) is 5.86. The molecular formula is C19H25FN2O2S2. The van der Waals surface area contributed by atoms with Gasteiger partial charge in [-0.05, 0) is 79.0 Å². The molecule has 1 aliphatic rings. The molecule has 0 spiro atoms. The Hall–Kier alpha value is -1.28. The monoisotopic (exact) mass is 396 g/mol. The van der Waals surface area contributed by atoms with Crippen molar-refractivity contribution in [3.63, 3.8) is 0 Å². The second-order valence-corrected chi connectivity index (χ2v) is 9.30. The van der Waals surface area contributed by atoms with Crippen LogP contribution >= 0.6 is 11.3 Å². The third-order valence-corrected chi connectivity index (χ3v) is 7.19. The summed E-state index contributed by atoms with van der Waals surface area (Å²) in [7, 11) is -3.68. The second-order valence-electron chi connectivity index (χ2n) is 6.78. The molecule has 3 rings (SSSR count). The molecule has 0 radical (unpaired) electrons. The maximum absolute atomic E-state index is 13.3. The number of sulfonamides is 1. The molecule has 0 amide bonds. The summed E-state index contributed by atoms with van der Waals surface area (Å²) in [5, 5.41) is 4.12. The number of benzene rings is 1. The van der Waals surface area contributed by atoms with E-state index < -0.39 is 15.8 Å². The third kappa shape index (κ3) is 4.71. The highest BCUT2D eigenvalue weighted by atomic mass is 32.2. The Bertz CT molecular complexity index is 814. The quantitative estimate of drug-likeness (QED) is 0.800. The number of hydrogen-bond donors (Lipinski definition) is 1. The predicted molar refractivity (Wildman–Crippen MR) is 103 cm³/mol. The van der Waals surface area contributed by atoms with Crippen molar-refractivity contribution in [1.29, 1.82) is 0 Å². The van der Waals surface area contributed by atoms with E-state index in [4.69, 9.17) is 0 Å². The van der Waals surface area contributed by atoms with Crippen LogP contribution in [0.2, 0.25) is 0 Å². The minimum absolute atomic E-state index is 0.0230. The summed E-state index contributed by atoms with van der Waals surface area (Å²) < 4.78 is 41.5. The lowest BCUT2D eigenvalue weighted by atomic mass is 10.1. The van der Waals surface area contributed by atoms with Crippen LogP contribution in [0.15, 0.2) is 39.9 Å². The van der Waals surface area contributed by atoms with E-state index in [0.29, 0.717) is 12.1 Å². The Morgan fingerprint density at radius 3 is 2.54 bits per heavy atom. The molecule has 1 N–H and O–H groups in total. The molecule has 0 bridgehead atoms. The molecule has 1 fully saturated rings. The molecule has 0 aliphatic carbocycles.